The lowest BCUT2D eigenvalue weighted by molar-refractivity contribution is -0.147. The van der Waals surface area contributed by atoms with Crippen molar-refractivity contribution in [3.8, 4) is 0 Å². The van der Waals surface area contributed by atoms with Gasteiger partial charge in [-0.1, -0.05) is 6.92 Å². The van der Waals surface area contributed by atoms with Gasteiger partial charge in [-0.05, 0) is 44.9 Å². The zero-order chi connectivity index (χ0) is 14.9. The first-order chi connectivity index (χ1) is 9.41. The number of amides is 1. The summed E-state index contributed by atoms with van der Waals surface area (Å²) >= 11 is 0. The number of likely N-dealkylation sites (tertiary alicyclic amines) is 1. The number of carboxylic acids is 1. The summed E-state index contributed by atoms with van der Waals surface area (Å²) in [5.74, 6) is -0.489. The number of hydrogen-bond donors (Lipinski definition) is 2. The standard InChI is InChI=1S/C15H26N2O3/c1-10-3-6-15(9-16,7-4-10)14(20)17-8-5-12(11(17)2)13(18)19/h10-12H,3-9,16H2,1-2H3,(H,18,19). The average molecular weight is 282 g/mol. The molecule has 5 heteroatoms. The molecule has 0 aromatic rings. The highest BCUT2D eigenvalue weighted by molar-refractivity contribution is 5.85. The molecule has 1 aliphatic carbocycles. The number of rotatable bonds is 3. The van der Waals surface area contributed by atoms with Gasteiger partial charge in [-0.15, -0.1) is 0 Å². The SMILES string of the molecule is CC1CCC(CN)(C(=O)N2CCC(C(=O)O)C2C)CC1. The number of aliphatic carboxylic acids is 1. The zero-order valence-corrected chi connectivity index (χ0v) is 12.5. The molecule has 114 valence electrons. The van der Waals surface area contributed by atoms with Crippen LogP contribution in [0.5, 0.6) is 0 Å². The van der Waals surface area contributed by atoms with Crippen LogP contribution in [0.25, 0.3) is 0 Å². The molecule has 0 spiro atoms. The number of nitrogens with two attached hydrogens (primary N) is 1. The monoisotopic (exact) mass is 282 g/mol. The Hall–Kier alpha value is -1.10. The van der Waals surface area contributed by atoms with Gasteiger partial charge < -0.3 is 15.7 Å². The number of carboxylic acid groups (broad SMARTS) is 1. The molecule has 2 atom stereocenters. The second-order valence-electron chi connectivity index (χ2n) is 6.64. The van der Waals surface area contributed by atoms with E-state index in [1.165, 1.54) is 0 Å². The average Bonchev–Trinajstić information content (AvgIpc) is 2.81. The molecule has 0 aromatic carbocycles. The Kier molecular flexibility index (Phi) is 4.37. The smallest absolute Gasteiger partial charge is 0.308 e. The molecule has 0 aromatic heterocycles. The number of hydrogen-bond acceptors (Lipinski definition) is 3. The minimum absolute atomic E-state index is 0.0863. The van der Waals surface area contributed by atoms with Crippen LogP contribution >= 0.6 is 0 Å². The molecule has 2 rings (SSSR count). The van der Waals surface area contributed by atoms with E-state index >= 15 is 0 Å². The quantitative estimate of drug-likeness (QED) is 0.821. The molecular formula is C15H26N2O3. The Labute approximate surface area is 120 Å². The minimum atomic E-state index is -0.799. The summed E-state index contributed by atoms with van der Waals surface area (Å²) in [6, 6.07) is -0.220. The van der Waals surface area contributed by atoms with Crippen LogP contribution in [-0.4, -0.2) is 41.0 Å². The first-order valence-electron chi connectivity index (χ1n) is 7.65. The number of nitrogens with zero attached hydrogens (tertiary/aromatic N) is 1. The predicted octanol–water partition coefficient (Wildman–Crippen LogP) is 1.46. The lowest BCUT2D eigenvalue weighted by atomic mass is 9.70. The third-order valence-electron chi connectivity index (χ3n) is 5.41. The van der Waals surface area contributed by atoms with Crippen molar-refractivity contribution in [2.24, 2.45) is 23.0 Å². The van der Waals surface area contributed by atoms with E-state index in [1.54, 1.807) is 4.90 Å². The van der Waals surface area contributed by atoms with Gasteiger partial charge in [-0.3, -0.25) is 9.59 Å². The highest BCUT2D eigenvalue weighted by atomic mass is 16.4. The van der Waals surface area contributed by atoms with Gasteiger partial charge in [0, 0.05) is 19.1 Å². The van der Waals surface area contributed by atoms with Crippen molar-refractivity contribution in [1.82, 2.24) is 4.90 Å². The summed E-state index contributed by atoms with van der Waals surface area (Å²) in [6.07, 6.45) is 4.30. The third kappa shape index (κ3) is 2.55. The van der Waals surface area contributed by atoms with Crippen molar-refractivity contribution in [2.75, 3.05) is 13.1 Å². The Morgan fingerprint density at radius 2 is 1.85 bits per heavy atom. The number of carbonyl (C=O) groups excluding carboxylic acids is 1. The Bertz CT molecular complexity index is 389. The van der Waals surface area contributed by atoms with E-state index in [9.17, 15) is 14.7 Å². The first-order valence-corrected chi connectivity index (χ1v) is 7.65. The molecular weight excluding hydrogens is 256 g/mol. The second-order valence-corrected chi connectivity index (χ2v) is 6.64. The van der Waals surface area contributed by atoms with Crippen molar-refractivity contribution >= 4 is 11.9 Å². The van der Waals surface area contributed by atoms with Gasteiger partial charge >= 0.3 is 5.97 Å². The Morgan fingerprint density at radius 3 is 2.30 bits per heavy atom. The molecule has 2 fully saturated rings. The van der Waals surface area contributed by atoms with Gasteiger partial charge in [0.25, 0.3) is 0 Å². The maximum atomic E-state index is 12.9. The fourth-order valence-electron chi connectivity index (χ4n) is 3.68. The fourth-order valence-corrected chi connectivity index (χ4v) is 3.68. The molecule has 2 unspecified atom stereocenters. The van der Waals surface area contributed by atoms with Crippen LogP contribution < -0.4 is 5.73 Å². The first kappa shape index (κ1) is 15.3. The maximum absolute atomic E-state index is 12.9. The van der Waals surface area contributed by atoms with E-state index in [-0.39, 0.29) is 11.9 Å². The molecule has 5 nitrogen and oxygen atoms in total. The van der Waals surface area contributed by atoms with E-state index in [1.807, 2.05) is 6.92 Å². The van der Waals surface area contributed by atoms with Gasteiger partial charge in [0.2, 0.25) is 5.91 Å². The van der Waals surface area contributed by atoms with Crippen LogP contribution in [0.1, 0.15) is 46.0 Å². The molecule has 1 heterocycles. The lowest BCUT2D eigenvalue weighted by Gasteiger charge is -2.41. The summed E-state index contributed by atoms with van der Waals surface area (Å²) in [7, 11) is 0. The fraction of sp³-hybridized carbons (Fsp3) is 0.867. The Balaban J connectivity index is 2.12. The normalized spacial score (nSPS) is 38.0. The summed E-state index contributed by atoms with van der Waals surface area (Å²) < 4.78 is 0. The van der Waals surface area contributed by atoms with Crippen LogP contribution in [0.2, 0.25) is 0 Å². The van der Waals surface area contributed by atoms with Crippen molar-refractivity contribution in [2.45, 2.75) is 52.0 Å². The molecule has 2 aliphatic rings. The van der Waals surface area contributed by atoms with Gasteiger partial charge in [-0.25, -0.2) is 0 Å². The van der Waals surface area contributed by atoms with E-state index in [0.717, 1.165) is 25.7 Å². The van der Waals surface area contributed by atoms with Gasteiger partial charge in [-0.2, -0.15) is 0 Å². The van der Waals surface area contributed by atoms with E-state index in [4.69, 9.17) is 5.73 Å². The molecule has 0 bridgehead atoms. The van der Waals surface area contributed by atoms with Crippen molar-refractivity contribution in [3.63, 3.8) is 0 Å². The highest BCUT2D eigenvalue weighted by Gasteiger charge is 2.47. The summed E-state index contributed by atoms with van der Waals surface area (Å²) in [5.41, 5.74) is 5.48. The van der Waals surface area contributed by atoms with E-state index < -0.39 is 17.3 Å². The molecule has 0 radical (unpaired) electrons. The molecule has 1 amide bonds. The molecule has 1 aliphatic heterocycles. The largest absolute Gasteiger partial charge is 0.481 e. The molecule has 1 saturated heterocycles. The van der Waals surface area contributed by atoms with Gasteiger partial charge in [0.05, 0.1) is 11.3 Å². The topological polar surface area (TPSA) is 83.6 Å². The summed E-state index contributed by atoms with van der Waals surface area (Å²) in [5, 5.41) is 9.19. The van der Waals surface area contributed by atoms with Crippen molar-refractivity contribution in [3.05, 3.63) is 0 Å². The predicted molar refractivity (Wildman–Crippen MR) is 76.0 cm³/mol. The molecule has 20 heavy (non-hydrogen) atoms. The van der Waals surface area contributed by atoms with Crippen LogP contribution in [0, 0.1) is 17.3 Å². The summed E-state index contributed by atoms with van der Waals surface area (Å²) in [4.78, 5) is 25.8. The van der Waals surface area contributed by atoms with E-state index in [0.29, 0.717) is 25.4 Å². The van der Waals surface area contributed by atoms with Crippen LogP contribution in [0.15, 0.2) is 0 Å². The van der Waals surface area contributed by atoms with Gasteiger partial charge in [0.15, 0.2) is 0 Å². The van der Waals surface area contributed by atoms with Crippen LogP contribution in [0.3, 0.4) is 0 Å². The van der Waals surface area contributed by atoms with Gasteiger partial charge in [0.1, 0.15) is 0 Å². The maximum Gasteiger partial charge on any atom is 0.308 e. The van der Waals surface area contributed by atoms with Crippen LogP contribution in [-0.2, 0) is 9.59 Å². The second kappa shape index (κ2) is 5.72. The summed E-state index contributed by atoms with van der Waals surface area (Å²) in [6.45, 7) is 4.98. The Morgan fingerprint density at radius 1 is 1.25 bits per heavy atom. The lowest BCUT2D eigenvalue weighted by Crippen LogP contribution is -2.51. The van der Waals surface area contributed by atoms with E-state index in [2.05, 4.69) is 6.92 Å². The molecule has 3 N–H and O–H groups in total. The number of carbonyl (C=O) groups is 2. The van der Waals surface area contributed by atoms with Crippen LogP contribution in [0.4, 0.5) is 0 Å². The van der Waals surface area contributed by atoms with Crippen molar-refractivity contribution in [1.29, 1.82) is 0 Å². The minimum Gasteiger partial charge on any atom is -0.481 e. The molecule has 1 saturated carbocycles. The third-order valence-corrected chi connectivity index (χ3v) is 5.41. The van der Waals surface area contributed by atoms with Crippen molar-refractivity contribution < 1.29 is 14.7 Å². The highest BCUT2D eigenvalue weighted by Crippen LogP contribution is 2.41. The zero-order valence-electron chi connectivity index (χ0n) is 12.5.